The lowest BCUT2D eigenvalue weighted by atomic mass is 9.73. The maximum Gasteiger partial charge on any atom is 0.126 e. The van der Waals surface area contributed by atoms with Crippen LogP contribution in [0.5, 0.6) is 11.5 Å². The zero-order valence-corrected chi connectivity index (χ0v) is 17.1. The van der Waals surface area contributed by atoms with E-state index in [0.29, 0.717) is 5.57 Å². The first-order valence-electron chi connectivity index (χ1n) is 11.4. The number of benzene rings is 2. The third-order valence-corrected chi connectivity index (χ3v) is 5.68. The smallest absolute Gasteiger partial charge is 0.126 e. The largest absolute Gasteiger partial charge is 0.496 e. The number of rotatable bonds is 7. The summed E-state index contributed by atoms with van der Waals surface area (Å²) in [5.41, 5.74) is 4.87. The maximum atomic E-state index is 7.90. The second-order valence-electron chi connectivity index (χ2n) is 7.61. The lowest BCUT2D eigenvalue weighted by molar-refractivity contribution is 0.368. The lowest BCUT2D eigenvalue weighted by Gasteiger charge is -2.32. The van der Waals surface area contributed by atoms with Gasteiger partial charge >= 0.3 is 0 Å². The van der Waals surface area contributed by atoms with Crippen LogP contribution in [0.15, 0.2) is 66.3 Å². The van der Waals surface area contributed by atoms with Crippen LogP contribution in [0.3, 0.4) is 0 Å². The average Bonchev–Trinajstić information content (AvgIpc) is 2.76. The summed E-state index contributed by atoms with van der Waals surface area (Å²) < 4.78 is 35.3. The Morgan fingerprint density at radius 2 is 1.71 bits per heavy atom. The molecule has 0 N–H and O–H groups in total. The van der Waals surface area contributed by atoms with Gasteiger partial charge in [0.1, 0.15) is 11.5 Å². The van der Waals surface area contributed by atoms with Crippen LogP contribution >= 0.6 is 0 Å². The molecule has 0 bridgehead atoms. The van der Waals surface area contributed by atoms with E-state index in [9.17, 15) is 0 Å². The molecule has 0 radical (unpaired) electrons. The van der Waals surface area contributed by atoms with Crippen molar-refractivity contribution in [3.05, 3.63) is 83.0 Å². The molecule has 28 heavy (non-hydrogen) atoms. The van der Waals surface area contributed by atoms with Crippen molar-refractivity contribution < 1.29 is 13.6 Å². The molecule has 0 spiro atoms. The minimum Gasteiger partial charge on any atom is -0.496 e. The van der Waals surface area contributed by atoms with Crippen LogP contribution in [0.25, 0.3) is 0 Å². The minimum atomic E-state index is -2.18. The number of allylic oxidation sites excluding steroid dienone is 3. The van der Waals surface area contributed by atoms with Crippen molar-refractivity contribution >= 4 is 0 Å². The molecular formula is C26H32O2. The molecule has 3 rings (SSSR count). The normalized spacial score (nSPS) is 21.1. The molecule has 2 nitrogen and oxygen atoms in total. The summed E-state index contributed by atoms with van der Waals surface area (Å²) in [6.07, 6.45) is 5.58. The number of methoxy groups -OCH3 is 2. The number of aryl methyl sites for hydroxylation is 2. The summed E-state index contributed by atoms with van der Waals surface area (Å²) in [6.45, 7) is 3.88. The molecule has 2 aromatic rings. The van der Waals surface area contributed by atoms with Gasteiger partial charge in [-0.1, -0.05) is 54.1 Å². The molecule has 0 heterocycles. The highest BCUT2D eigenvalue weighted by Gasteiger charge is 2.30. The zero-order valence-electron chi connectivity index (χ0n) is 20.1. The van der Waals surface area contributed by atoms with E-state index in [-0.39, 0.29) is 11.8 Å². The first-order valence-corrected chi connectivity index (χ1v) is 9.90. The van der Waals surface area contributed by atoms with Crippen molar-refractivity contribution in [2.45, 2.75) is 45.4 Å². The summed E-state index contributed by atoms with van der Waals surface area (Å²) in [5, 5.41) is 0. The quantitative estimate of drug-likeness (QED) is 0.511. The fourth-order valence-corrected chi connectivity index (χ4v) is 4.14. The van der Waals surface area contributed by atoms with Crippen molar-refractivity contribution in [2.75, 3.05) is 14.2 Å². The van der Waals surface area contributed by atoms with E-state index in [1.807, 2.05) is 6.07 Å². The third kappa shape index (κ3) is 4.49. The summed E-state index contributed by atoms with van der Waals surface area (Å²) >= 11 is 0. The molecule has 2 aromatic carbocycles. The molecule has 0 saturated carbocycles. The fraction of sp³-hybridized carbons (Fsp3) is 0.385. The zero-order chi connectivity index (χ0) is 22.6. The van der Waals surface area contributed by atoms with E-state index in [2.05, 4.69) is 56.0 Å². The summed E-state index contributed by atoms with van der Waals surface area (Å²) in [4.78, 5) is 0. The Hall–Kier alpha value is -2.48. The van der Waals surface area contributed by atoms with Crippen molar-refractivity contribution in [1.82, 2.24) is 0 Å². The van der Waals surface area contributed by atoms with Gasteiger partial charge in [-0.15, -0.1) is 0 Å². The summed E-state index contributed by atoms with van der Waals surface area (Å²) in [6, 6.07) is 14.5. The standard InChI is InChI=1S/C26H32O2/c1-18(2)22-14-11-19(3)15-23(22)26-24(27-4)16-21(17-25(26)28-5)13-12-20-9-7-6-8-10-20/h6-10,15-17,22-23H,1,11-14H2,2-5H3/t22-,23+/m0/s1/i2D3. The Labute approximate surface area is 174 Å². The Bertz CT molecular complexity index is 920. The van der Waals surface area contributed by atoms with Crippen LogP contribution in [0, 0.1) is 5.92 Å². The molecule has 0 amide bonds. The van der Waals surface area contributed by atoms with Crippen LogP contribution in [0.4, 0.5) is 0 Å². The fourth-order valence-electron chi connectivity index (χ4n) is 4.14. The van der Waals surface area contributed by atoms with Crippen LogP contribution in [-0.2, 0) is 12.8 Å². The van der Waals surface area contributed by atoms with Crippen molar-refractivity contribution in [3.8, 4) is 11.5 Å². The van der Waals surface area contributed by atoms with E-state index < -0.39 is 6.85 Å². The van der Waals surface area contributed by atoms with E-state index in [1.54, 1.807) is 14.2 Å². The molecule has 0 aromatic heterocycles. The molecular weight excluding hydrogens is 344 g/mol. The van der Waals surface area contributed by atoms with Gasteiger partial charge in [-0.3, -0.25) is 0 Å². The van der Waals surface area contributed by atoms with Gasteiger partial charge in [-0.05, 0) is 68.6 Å². The molecule has 0 unspecified atom stereocenters. The minimum absolute atomic E-state index is 0.144. The Morgan fingerprint density at radius 1 is 1.07 bits per heavy atom. The highest BCUT2D eigenvalue weighted by atomic mass is 16.5. The Kier molecular flexibility index (Phi) is 5.38. The molecule has 0 aliphatic heterocycles. The van der Waals surface area contributed by atoms with Gasteiger partial charge in [0.2, 0.25) is 0 Å². The van der Waals surface area contributed by atoms with Crippen LogP contribution < -0.4 is 9.47 Å². The van der Waals surface area contributed by atoms with Crippen molar-refractivity contribution in [3.63, 3.8) is 0 Å². The lowest BCUT2D eigenvalue weighted by Crippen LogP contribution is -2.18. The molecule has 148 valence electrons. The van der Waals surface area contributed by atoms with E-state index in [0.717, 1.165) is 48.3 Å². The molecule has 0 fully saturated rings. The van der Waals surface area contributed by atoms with Gasteiger partial charge in [0.25, 0.3) is 0 Å². The first kappa shape index (κ1) is 16.5. The van der Waals surface area contributed by atoms with E-state index in [1.165, 1.54) is 11.1 Å². The van der Waals surface area contributed by atoms with Gasteiger partial charge < -0.3 is 9.47 Å². The third-order valence-electron chi connectivity index (χ3n) is 5.68. The van der Waals surface area contributed by atoms with Gasteiger partial charge in [-0.2, -0.15) is 0 Å². The molecule has 2 atom stereocenters. The molecule has 2 heteroatoms. The van der Waals surface area contributed by atoms with Gasteiger partial charge in [0, 0.05) is 15.6 Å². The topological polar surface area (TPSA) is 18.5 Å². The SMILES string of the molecule is [2H]C([2H])([2H])C(=C)[C@@H]1CCC(C)=C[C@H]1c1c(OC)cc(CCc2ccccc2)cc1OC. The highest BCUT2D eigenvalue weighted by Crippen LogP contribution is 2.47. The van der Waals surface area contributed by atoms with Crippen molar-refractivity contribution in [2.24, 2.45) is 5.92 Å². The predicted molar refractivity (Wildman–Crippen MR) is 117 cm³/mol. The van der Waals surface area contributed by atoms with Crippen LogP contribution in [-0.4, -0.2) is 14.2 Å². The van der Waals surface area contributed by atoms with Gasteiger partial charge in [-0.25, -0.2) is 0 Å². The predicted octanol–water partition coefficient (Wildman–Crippen LogP) is 6.51. The Balaban J connectivity index is 2.00. The maximum absolute atomic E-state index is 7.90. The summed E-state index contributed by atoms with van der Waals surface area (Å²) in [5.74, 6) is 1.15. The second kappa shape index (κ2) is 9.14. The van der Waals surface area contributed by atoms with E-state index >= 15 is 0 Å². The second-order valence-corrected chi connectivity index (χ2v) is 7.61. The molecule has 1 aliphatic carbocycles. The number of hydrogen-bond donors (Lipinski definition) is 0. The van der Waals surface area contributed by atoms with Gasteiger partial charge in [0.15, 0.2) is 0 Å². The van der Waals surface area contributed by atoms with Crippen molar-refractivity contribution in [1.29, 1.82) is 0 Å². The number of ether oxygens (including phenoxy) is 2. The van der Waals surface area contributed by atoms with Crippen LogP contribution in [0.2, 0.25) is 0 Å². The highest BCUT2D eigenvalue weighted by molar-refractivity contribution is 5.53. The molecule has 1 aliphatic rings. The van der Waals surface area contributed by atoms with Crippen LogP contribution in [0.1, 0.15) is 53.3 Å². The monoisotopic (exact) mass is 379 g/mol. The van der Waals surface area contributed by atoms with E-state index in [4.69, 9.17) is 13.6 Å². The Morgan fingerprint density at radius 3 is 2.32 bits per heavy atom. The molecule has 0 saturated heterocycles. The summed E-state index contributed by atoms with van der Waals surface area (Å²) in [7, 11) is 3.32. The van der Waals surface area contributed by atoms with Gasteiger partial charge in [0.05, 0.1) is 14.2 Å². The first-order chi connectivity index (χ1) is 14.7. The number of hydrogen-bond acceptors (Lipinski definition) is 2. The average molecular weight is 380 g/mol.